The first-order valence-corrected chi connectivity index (χ1v) is 7.77. The van der Waals surface area contributed by atoms with Crippen molar-refractivity contribution in [3.8, 4) is 5.69 Å². The average Bonchev–Trinajstić information content (AvgIpc) is 3.09. The van der Waals surface area contributed by atoms with Crippen molar-refractivity contribution in [2.45, 2.75) is 25.3 Å². The van der Waals surface area contributed by atoms with Gasteiger partial charge < -0.3 is 9.47 Å². The molecule has 2 nitrogen and oxygen atoms in total. The molecule has 2 aliphatic rings. The Balaban J connectivity index is 1.96. The van der Waals surface area contributed by atoms with Gasteiger partial charge in [0.25, 0.3) is 0 Å². The summed E-state index contributed by atoms with van der Waals surface area (Å²) in [6.07, 6.45) is 2.50. The Morgan fingerprint density at radius 1 is 0.952 bits per heavy atom. The molecule has 0 spiro atoms. The minimum absolute atomic E-state index is 0.132. The Hall–Kier alpha value is -2.22. The van der Waals surface area contributed by atoms with E-state index in [0.717, 1.165) is 6.54 Å². The van der Waals surface area contributed by atoms with Gasteiger partial charge in [-0.05, 0) is 44.0 Å². The Labute approximate surface area is 124 Å². The van der Waals surface area contributed by atoms with Crippen LogP contribution in [-0.2, 0) is 5.54 Å². The van der Waals surface area contributed by atoms with Gasteiger partial charge >= 0.3 is 0 Å². The standard InChI is InChI=1S/C19H18N2/c1-19-11-6-12-20(19)16-9-4-5-10-17(16)21-15-8-3-2-7-14(15)13-18(19)21/h2-5,7-10,13H,6,11-12H2,1H3. The van der Waals surface area contributed by atoms with Gasteiger partial charge in [0.05, 0.1) is 22.4 Å². The number of para-hydroxylation sites is 3. The van der Waals surface area contributed by atoms with E-state index in [4.69, 9.17) is 0 Å². The van der Waals surface area contributed by atoms with Gasteiger partial charge in [-0.2, -0.15) is 0 Å². The van der Waals surface area contributed by atoms with Crippen molar-refractivity contribution in [1.29, 1.82) is 0 Å². The van der Waals surface area contributed by atoms with Crippen LogP contribution in [0.15, 0.2) is 54.6 Å². The molecule has 2 aromatic carbocycles. The molecule has 0 bridgehead atoms. The van der Waals surface area contributed by atoms with Crippen LogP contribution in [0, 0.1) is 0 Å². The van der Waals surface area contributed by atoms with Gasteiger partial charge in [0, 0.05) is 17.6 Å². The van der Waals surface area contributed by atoms with E-state index in [1.165, 1.54) is 40.8 Å². The molecular weight excluding hydrogens is 256 g/mol. The quantitative estimate of drug-likeness (QED) is 0.587. The molecule has 0 saturated carbocycles. The van der Waals surface area contributed by atoms with Crippen LogP contribution < -0.4 is 4.90 Å². The zero-order valence-electron chi connectivity index (χ0n) is 12.2. The van der Waals surface area contributed by atoms with Crippen molar-refractivity contribution in [1.82, 2.24) is 4.57 Å². The van der Waals surface area contributed by atoms with E-state index in [9.17, 15) is 0 Å². The van der Waals surface area contributed by atoms with Crippen LogP contribution in [0.25, 0.3) is 16.6 Å². The third-order valence-electron chi connectivity index (χ3n) is 5.32. The summed E-state index contributed by atoms with van der Waals surface area (Å²) in [5.74, 6) is 0. The number of rotatable bonds is 0. The van der Waals surface area contributed by atoms with Crippen LogP contribution in [0.1, 0.15) is 25.5 Å². The molecule has 1 aromatic heterocycles. The third-order valence-corrected chi connectivity index (χ3v) is 5.32. The second-order valence-electron chi connectivity index (χ2n) is 6.44. The van der Waals surface area contributed by atoms with Crippen molar-refractivity contribution in [2.24, 2.45) is 0 Å². The van der Waals surface area contributed by atoms with Crippen molar-refractivity contribution in [3.63, 3.8) is 0 Å². The first-order chi connectivity index (χ1) is 10.3. The number of anilines is 1. The maximum atomic E-state index is 2.61. The predicted octanol–water partition coefficient (Wildman–Crippen LogP) is 4.46. The van der Waals surface area contributed by atoms with E-state index in [1.807, 2.05) is 0 Å². The maximum absolute atomic E-state index is 2.61. The molecule has 0 radical (unpaired) electrons. The van der Waals surface area contributed by atoms with Gasteiger partial charge in [0.2, 0.25) is 0 Å². The highest BCUT2D eigenvalue weighted by Crippen LogP contribution is 2.49. The molecule has 3 heterocycles. The van der Waals surface area contributed by atoms with Crippen LogP contribution >= 0.6 is 0 Å². The number of hydrogen-bond acceptors (Lipinski definition) is 1. The average molecular weight is 274 g/mol. The van der Waals surface area contributed by atoms with E-state index in [-0.39, 0.29) is 5.54 Å². The molecule has 104 valence electrons. The fourth-order valence-electron chi connectivity index (χ4n) is 4.31. The SMILES string of the molecule is CC12CCCN1c1ccccc1-n1c2cc2ccccc21. The minimum atomic E-state index is 0.132. The summed E-state index contributed by atoms with van der Waals surface area (Å²) in [4.78, 5) is 2.61. The summed E-state index contributed by atoms with van der Waals surface area (Å²) in [5, 5.41) is 1.34. The van der Waals surface area contributed by atoms with E-state index in [0.29, 0.717) is 0 Å². The zero-order chi connectivity index (χ0) is 14.0. The lowest BCUT2D eigenvalue weighted by molar-refractivity contribution is 0.460. The molecule has 21 heavy (non-hydrogen) atoms. The Morgan fingerprint density at radius 3 is 2.62 bits per heavy atom. The third kappa shape index (κ3) is 1.28. The van der Waals surface area contributed by atoms with Crippen LogP contribution in [0.3, 0.4) is 0 Å². The fraction of sp³-hybridized carbons (Fsp3) is 0.263. The molecule has 0 amide bonds. The summed E-state index contributed by atoms with van der Waals surface area (Å²) < 4.78 is 2.48. The molecule has 1 unspecified atom stereocenters. The summed E-state index contributed by atoms with van der Waals surface area (Å²) in [6, 6.07) is 20.0. The largest absolute Gasteiger partial charge is 0.359 e. The maximum Gasteiger partial charge on any atom is 0.0781 e. The highest BCUT2D eigenvalue weighted by molar-refractivity contribution is 5.87. The summed E-state index contributed by atoms with van der Waals surface area (Å²) in [7, 11) is 0. The van der Waals surface area contributed by atoms with Gasteiger partial charge in [0.1, 0.15) is 0 Å². The zero-order valence-corrected chi connectivity index (χ0v) is 12.2. The number of hydrogen-bond donors (Lipinski definition) is 0. The predicted molar refractivity (Wildman–Crippen MR) is 87.2 cm³/mol. The summed E-state index contributed by atoms with van der Waals surface area (Å²) >= 11 is 0. The molecule has 5 rings (SSSR count). The number of fused-ring (bicyclic) bond motifs is 8. The Bertz CT molecular complexity index is 861. The molecule has 2 heteroatoms. The molecule has 2 aliphatic heterocycles. The molecular formula is C19H18N2. The summed E-state index contributed by atoms with van der Waals surface area (Å²) in [6.45, 7) is 3.57. The fourth-order valence-corrected chi connectivity index (χ4v) is 4.31. The monoisotopic (exact) mass is 274 g/mol. The van der Waals surface area contributed by atoms with Gasteiger partial charge in [0.15, 0.2) is 0 Å². The highest BCUT2D eigenvalue weighted by Gasteiger charge is 2.44. The highest BCUT2D eigenvalue weighted by atomic mass is 15.3. The Morgan fingerprint density at radius 2 is 1.71 bits per heavy atom. The van der Waals surface area contributed by atoms with Crippen LogP contribution in [0.4, 0.5) is 5.69 Å². The van der Waals surface area contributed by atoms with Gasteiger partial charge in [-0.25, -0.2) is 0 Å². The summed E-state index contributed by atoms with van der Waals surface area (Å²) in [5.41, 5.74) is 5.61. The van der Waals surface area contributed by atoms with Crippen molar-refractivity contribution >= 4 is 16.6 Å². The van der Waals surface area contributed by atoms with Gasteiger partial charge in [-0.1, -0.05) is 30.3 Å². The molecule has 1 fully saturated rings. The van der Waals surface area contributed by atoms with E-state index in [1.54, 1.807) is 0 Å². The van der Waals surface area contributed by atoms with E-state index >= 15 is 0 Å². The Kier molecular flexibility index (Phi) is 2.02. The normalized spacial score (nSPS) is 23.0. The minimum Gasteiger partial charge on any atom is -0.359 e. The molecule has 1 saturated heterocycles. The number of aromatic nitrogens is 1. The second-order valence-corrected chi connectivity index (χ2v) is 6.44. The molecule has 0 N–H and O–H groups in total. The van der Waals surface area contributed by atoms with Gasteiger partial charge in [-0.15, -0.1) is 0 Å². The van der Waals surface area contributed by atoms with E-state index < -0.39 is 0 Å². The lowest BCUT2D eigenvalue weighted by atomic mass is 9.91. The number of benzene rings is 2. The molecule has 3 aromatic rings. The molecule has 0 aliphatic carbocycles. The second kappa shape index (κ2) is 3.70. The van der Waals surface area contributed by atoms with Gasteiger partial charge in [-0.3, -0.25) is 0 Å². The molecule has 1 atom stereocenters. The van der Waals surface area contributed by atoms with Crippen molar-refractivity contribution < 1.29 is 0 Å². The first-order valence-electron chi connectivity index (χ1n) is 7.77. The van der Waals surface area contributed by atoms with Crippen molar-refractivity contribution in [3.05, 3.63) is 60.3 Å². The van der Waals surface area contributed by atoms with Crippen LogP contribution in [-0.4, -0.2) is 11.1 Å². The van der Waals surface area contributed by atoms with E-state index in [2.05, 4.69) is 71.0 Å². The topological polar surface area (TPSA) is 8.17 Å². The smallest absolute Gasteiger partial charge is 0.0781 e. The lowest BCUT2D eigenvalue weighted by Gasteiger charge is -2.43. The lowest BCUT2D eigenvalue weighted by Crippen LogP contribution is -2.43. The van der Waals surface area contributed by atoms with Crippen LogP contribution in [0.2, 0.25) is 0 Å². The first kappa shape index (κ1) is 11.4. The number of nitrogens with zero attached hydrogens (tertiary/aromatic N) is 2. The van der Waals surface area contributed by atoms with Crippen LogP contribution in [0.5, 0.6) is 0 Å². The van der Waals surface area contributed by atoms with Crippen molar-refractivity contribution in [2.75, 3.05) is 11.4 Å².